The van der Waals surface area contributed by atoms with E-state index in [1.165, 1.54) is 7.11 Å². The van der Waals surface area contributed by atoms with Crippen molar-refractivity contribution in [3.63, 3.8) is 0 Å². The van der Waals surface area contributed by atoms with Crippen LogP contribution >= 0.6 is 0 Å². The van der Waals surface area contributed by atoms with Gasteiger partial charge in [0.2, 0.25) is 12.3 Å². The fourth-order valence-corrected chi connectivity index (χ4v) is 2.82. The van der Waals surface area contributed by atoms with Crippen LogP contribution in [0.25, 0.3) is 11.0 Å². The van der Waals surface area contributed by atoms with Gasteiger partial charge in [-0.2, -0.15) is 15.4 Å². The zero-order valence-corrected chi connectivity index (χ0v) is 14.0. The summed E-state index contributed by atoms with van der Waals surface area (Å²) in [6, 6.07) is 10.4. The van der Waals surface area contributed by atoms with Gasteiger partial charge in [-0.25, -0.2) is 5.84 Å². The summed E-state index contributed by atoms with van der Waals surface area (Å²) in [4.78, 5) is 23.0. The third kappa shape index (κ3) is 3.33. The van der Waals surface area contributed by atoms with Crippen molar-refractivity contribution in [1.82, 2.24) is 15.4 Å². The highest BCUT2D eigenvalue weighted by Gasteiger charge is 2.22. The zero-order chi connectivity index (χ0) is 18.7. The number of carbonyl (C=O) groups excluding carboxylic acids is 2. The van der Waals surface area contributed by atoms with Crippen molar-refractivity contribution in [3.05, 3.63) is 47.5 Å². The van der Waals surface area contributed by atoms with E-state index in [1.54, 1.807) is 36.4 Å². The second kappa shape index (κ2) is 7.19. The van der Waals surface area contributed by atoms with Crippen LogP contribution in [0.1, 0.15) is 17.0 Å². The van der Waals surface area contributed by atoms with Gasteiger partial charge in [0.1, 0.15) is 16.8 Å². The van der Waals surface area contributed by atoms with Crippen molar-refractivity contribution in [2.24, 2.45) is 11.6 Å². The Morgan fingerprint density at radius 3 is 2.73 bits per heavy atom. The number of H-pyrrole nitrogens is 1. The summed E-state index contributed by atoms with van der Waals surface area (Å²) in [6.07, 6.45) is 0.776. The van der Waals surface area contributed by atoms with E-state index in [2.05, 4.69) is 15.4 Å². The predicted octanol–water partition coefficient (Wildman–Crippen LogP) is 0.615. The lowest BCUT2D eigenvalue weighted by Crippen LogP contribution is -2.29. The molecule has 0 aliphatic carbocycles. The first-order valence-corrected chi connectivity index (χ1v) is 7.79. The summed E-state index contributed by atoms with van der Waals surface area (Å²) in [5.74, 6) is 5.10. The fourth-order valence-electron chi connectivity index (χ4n) is 2.82. The average molecular weight is 354 g/mol. The molecule has 0 radical (unpaired) electrons. The molecule has 2 amide bonds. The zero-order valence-electron chi connectivity index (χ0n) is 14.0. The van der Waals surface area contributed by atoms with Gasteiger partial charge in [-0.1, -0.05) is 6.07 Å². The number of anilines is 1. The summed E-state index contributed by atoms with van der Waals surface area (Å²) in [7, 11) is 1.53. The molecule has 0 aliphatic rings. The van der Waals surface area contributed by atoms with Crippen molar-refractivity contribution in [2.75, 3.05) is 12.1 Å². The van der Waals surface area contributed by atoms with E-state index in [0.29, 0.717) is 40.0 Å². The number of hydrazine groups is 1. The van der Waals surface area contributed by atoms with E-state index < -0.39 is 11.8 Å². The summed E-state index contributed by atoms with van der Waals surface area (Å²) in [5.41, 5.74) is 8.87. The number of methoxy groups -OCH3 is 1. The Morgan fingerprint density at radius 2 is 2.04 bits per heavy atom. The molecule has 0 saturated heterocycles. The van der Waals surface area contributed by atoms with E-state index in [1.807, 2.05) is 0 Å². The van der Waals surface area contributed by atoms with Crippen LogP contribution in [-0.4, -0.2) is 34.8 Å². The number of carbonyl (C=O) groups is 2. The Bertz CT molecular complexity index is 955. The largest absolute Gasteiger partial charge is 0.496 e. The topological polar surface area (TPSA) is 140 Å². The van der Waals surface area contributed by atoms with Crippen molar-refractivity contribution in [3.8, 4) is 5.75 Å². The highest BCUT2D eigenvalue weighted by atomic mass is 16.5. The van der Waals surface area contributed by atoms with Crippen LogP contribution < -0.4 is 21.3 Å². The van der Waals surface area contributed by atoms with E-state index in [4.69, 9.17) is 16.3 Å². The Kier molecular flexibility index (Phi) is 4.81. The number of nitrogens with zero attached hydrogens (tertiary/aromatic N) is 3. The summed E-state index contributed by atoms with van der Waals surface area (Å²) < 4.78 is 5.36. The molecule has 2 aromatic carbocycles. The van der Waals surface area contributed by atoms with Crippen LogP contribution in [-0.2, 0) is 16.0 Å². The minimum Gasteiger partial charge on any atom is -0.496 e. The van der Waals surface area contributed by atoms with Crippen molar-refractivity contribution in [2.45, 2.75) is 12.3 Å². The third-order valence-corrected chi connectivity index (χ3v) is 4.19. The number of aromatic amines is 1. The van der Waals surface area contributed by atoms with Crippen molar-refractivity contribution in [1.29, 1.82) is 0 Å². The number of aromatic nitrogens is 3. The third-order valence-electron chi connectivity index (χ3n) is 4.19. The number of ether oxygens (including phenoxy) is 1. The van der Waals surface area contributed by atoms with Gasteiger partial charge in [0.15, 0.2) is 0 Å². The van der Waals surface area contributed by atoms with Crippen LogP contribution in [0.4, 0.5) is 5.69 Å². The molecule has 3 rings (SSSR count). The van der Waals surface area contributed by atoms with E-state index in [0.717, 1.165) is 5.01 Å². The van der Waals surface area contributed by atoms with Crippen LogP contribution in [0.15, 0.2) is 36.4 Å². The molecule has 0 spiro atoms. The fraction of sp³-hybridized carbons (Fsp3) is 0.176. The molecule has 1 heterocycles. The molecule has 0 fully saturated rings. The number of primary amides is 1. The summed E-state index contributed by atoms with van der Waals surface area (Å²) in [5, 5.41) is 11.5. The first kappa shape index (κ1) is 17.4. The van der Waals surface area contributed by atoms with Crippen molar-refractivity contribution >= 4 is 29.0 Å². The predicted molar refractivity (Wildman–Crippen MR) is 95.3 cm³/mol. The SMILES string of the molecule is COc1ccc(N(N)C=O)cc1CC(C(N)=O)c1ccc2n[nH]nc2c1. The van der Waals surface area contributed by atoms with Gasteiger partial charge in [-0.15, -0.1) is 0 Å². The van der Waals surface area contributed by atoms with Gasteiger partial charge in [0.25, 0.3) is 0 Å². The Balaban J connectivity index is 1.99. The normalized spacial score (nSPS) is 11.9. The molecule has 3 aromatic rings. The number of nitrogens with one attached hydrogen (secondary N) is 1. The summed E-state index contributed by atoms with van der Waals surface area (Å²) in [6.45, 7) is 0. The van der Waals surface area contributed by atoms with E-state index >= 15 is 0 Å². The minimum atomic E-state index is -0.609. The van der Waals surface area contributed by atoms with Crippen molar-refractivity contribution < 1.29 is 14.3 Å². The molecule has 0 bridgehead atoms. The number of amides is 2. The van der Waals surface area contributed by atoms with Gasteiger partial charge in [-0.05, 0) is 47.9 Å². The molecule has 134 valence electrons. The molecule has 0 saturated carbocycles. The van der Waals surface area contributed by atoms with Crippen LogP contribution in [0.5, 0.6) is 5.75 Å². The first-order valence-electron chi connectivity index (χ1n) is 7.79. The molecular formula is C17H18N6O3. The maximum atomic E-state index is 12.1. The molecule has 1 atom stereocenters. The van der Waals surface area contributed by atoms with Gasteiger partial charge in [0.05, 0.1) is 18.7 Å². The number of benzene rings is 2. The highest BCUT2D eigenvalue weighted by molar-refractivity contribution is 5.84. The molecule has 9 nitrogen and oxygen atoms in total. The Labute approximate surface area is 148 Å². The van der Waals surface area contributed by atoms with Crippen LogP contribution in [0.3, 0.4) is 0 Å². The number of hydrogen-bond donors (Lipinski definition) is 3. The monoisotopic (exact) mass is 354 g/mol. The standard InChI is InChI=1S/C17H18N6O3/c1-26-16-5-3-12(23(19)9-24)6-11(16)7-13(17(18)25)10-2-4-14-15(8-10)21-22-20-14/h2-6,8-9,13H,7,19H2,1H3,(H2,18,25)(H,20,21,22). The van der Waals surface area contributed by atoms with Gasteiger partial charge in [-0.3, -0.25) is 14.6 Å². The number of nitrogens with two attached hydrogens (primary N) is 2. The Morgan fingerprint density at radius 1 is 1.27 bits per heavy atom. The molecule has 0 aliphatic heterocycles. The number of rotatable bonds is 7. The van der Waals surface area contributed by atoms with Gasteiger partial charge >= 0.3 is 0 Å². The molecular weight excluding hydrogens is 336 g/mol. The second-order valence-electron chi connectivity index (χ2n) is 5.74. The van der Waals surface area contributed by atoms with E-state index in [-0.39, 0.29) is 6.42 Å². The van der Waals surface area contributed by atoms with Crippen LogP contribution in [0.2, 0.25) is 0 Å². The maximum Gasteiger partial charge on any atom is 0.228 e. The smallest absolute Gasteiger partial charge is 0.228 e. The number of fused-ring (bicyclic) bond motifs is 1. The average Bonchev–Trinajstić information content (AvgIpc) is 3.12. The van der Waals surface area contributed by atoms with Crippen LogP contribution in [0, 0.1) is 0 Å². The highest BCUT2D eigenvalue weighted by Crippen LogP contribution is 2.30. The lowest BCUT2D eigenvalue weighted by atomic mass is 9.90. The lowest BCUT2D eigenvalue weighted by molar-refractivity contribution is -0.119. The molecule has 1 aromatic heterocycles. The maximum absolute atomic E-state index is 12.1. The minimum absolute atomic E-state index is 0.280. The molecule has 26 heavy (non-hydrogen) atoms. The number of hydrogen-bond acceptors (Lipinski definition) is 6. The molecule has 5 N–H and O–H groups in total. The molecule has 9 heteroatoms. The quantitative estimate of drug-likeness (QED) is 0.246. The Hall–Kier alpha value is -3.46. The summed E-state index contributed by atoms with van der Waals surface area (Å²) >= 11 is 0. The van der Waals surface area contributed by atoms with Gasteiger partial charge < -0.3 is 10.5 Å². The second-order valence-corrected chi connectivity index (χ2v) is 5.74. The molecule has 1 unspecified atom stereocenters. The first-order chi connectivity index (χ1) is 12.5. The van der Waals surface area contributed by atoms with Gasteiger partial charge in [0, 0.05) is 0 Å². The lowest BCUT2D eigenvalue weighted by Gasteiger charge is -2.18. The van der Waals surface area contributed by atoms with E-state index in [9.17, 15) is 9.59 Å².